The topological polar surface area (TPSA) is 116 Å². The number of benzene rings is 1. The zero-order chi connectivity index (χ0) is 19.2. The summed E-state index contributed by atoms with van der Waals surface area (Å²) in [6.45, 7) is 4.28. The van der Waals surface area contributed by atoms with E-state index in [1.165, 1.54) is 0 Å². The van der Waals surface area contributed by atoms with Gasteiger partial charge in [0.2, 0.25) is 5.91 Å². The van der Waals surface area contributed by atoms with Gasteiger partial charge in [-0.25, -0.2) is 4.79 Å². The van der Waals surface area contributed by atoms with E-state index in [-0.39, 0.29) is 5.92 Å². The van der Waals surface area contributed by atoms with Crippen LogP contribution in [-0.4, -0.2) is 46.2 Å². The van der Waals surface area contributed by atoms with Gasteiger partial charge < -0.3 is 20.8 Å². The average Bonchev–Trinajstić information content (AvgIpc) is 2.57. The fraction of sp³-hybridized carbons (Fsp3) is 0.471. The SMILES string of the molecule is CCC(C)C(NC(=O)c1ccc(Cl)cc1)C(=O)NCC(C)(O)C(=O)O. The summed E-state index contributed by atoms with van der Waals surface area (Å²) in [5, 5.41) is 24.1. The van der Waals surface area contributed by atoms with Crippen molar-refractivity contribution in [3.63, 3.8) is 0 Å². The van der Waals surface area contributed by atoms with Crippen LogP contribution < -0.4 is 10.6 Å². The molecule has 1 aromatic rings. The number of aliphatic hydroxyl groups is 1. The smallest absolute Gasteiger partial charge is 0.337 e. The Labute approximate surface area is 151 Å². The van der Waals surface area contributed by atoms with Gasteiger partial charge in [0, 0.05) is 10.6 Å². The van der Waals surface area contributed by atoms with E-state index in [9.17, 15) is 19.5 Å². The van der Waals surface area contributed by atoms with Crippen LogP contribution in [0, 0.1) is 5.92 Å². The van der Waals surface area contributed by atoms with Gasteiger partial charge in [0.25, 0.3) is 5.91 Å². The molecule has 7 nitrogen and oxygen atoms in total. The standard InChI is InChI=1S/C17H23ClN2O5/c1-4-10(2)13(15(22)19-9-17(3,25)16(23)24)20-14(21)11-5-7-12(18)8-6-11/h5-8,10,13,25H,4,9H2,1-3H3,(H,19,22)(H,20,21)(H,23,24). The fourth-order valence-corrected chi connectivity index (χ4v) is 2.10. The van der Waals surface area contributed by atoms with Crippen molar-refractivity contribution in [1.82, 2.24) is 10.6 Å². The van der Waals surface area contributed by atoms with Gasteiger partial charge in [0.1, 0.15) is 6.04 Å². The molecule has 8 heteroatoms. The van der Waals surface area contributed by atoms with Crippen molar-refractivity contribution in [1.29, 1.82) is 0 Å². The minimum Gasteiger partial charge on any atom is -0.479 e. The molecule has 3 unspecified atom stereocenters. The lowest BCUT2D eigenvalue weighted by atomic mass is 9.97. The van der Waals surface area contributed by atoms with Crippen molar-refractivity contribution < 1.29 is 24.6 Å². The van der Waals surface area contributed by atoms with Crippen LogP contribution in [-0.2, 0) is 9.59 Å². The maximum atomic E-state index is 12.4. The van der Waals surface area contributed by atoms with E-state index in [1.54, 1.807) is 31.2 Å². The Bertz CT molecular complexity index is 630. The summed E-state index contributed by atoms with van der Waals surface area (Å²) in [4.78, 5) is 35.6. The second-order valence-electron chi connectivity index (χ2n) is 6.14. The van der Waals surface area contributed by atoms with Crippen LogP contribution in [0.2, 0.25) is 5.02 Å². The highest BCUT2D eigenvalue weighted by molar-refractivity contribution is 6.30. The van der Waals surface area contributed by atoms with Crippen molar-refractivity contribution in [2.45, 2.75) is 38.8 Å². The van der Waals surface area contributed by atoms with Gasteiger partial charge in [-0.05, 0) is 37.1 Å². The van der Waals surface area contributed by atoms with Crippen LogP contribution in [0.1, 0.15) is 37.6 Å². The fourth-order valence-electron chi connectivity index (χ4n) is 1.97. The molecule has 0 radical (unpaired) electrons. The number of amides is 2. The maximum Gasteiger partial charge on any atom is 0.337 e. The van der Waals surface area contributed by atoms with Crippen molar-refractivity contribution in [3.8, 4) is 0 Å². The quantitative estimate of drug-likeness (QED) is 0.552. The molecular weight excluding hydrogens is 348 g/mol. The molecule has 1 rings (SSSR count). The zero-order valence-electron chi connectivity index (χ0n) is 14.4. The number of carboxylic acid groups (broad SMARTS) is 1. The monoisotopic (exact) mass is 370 g/mol. The summed E-state index contributed by atoms with van der Waals surface area (Å²) in [6.07, 6.45) is 0.619. The molecule has 0 aliphatic heterocycles. The second kappa shape index (κ2) is 8.82. The van der Waals surface area contributed by atoms with Crippen molar-refractivity contribution in [2.24, 2.45) is 5.92 Å². The number of aliphatic carboxylic acids is 1. The first-order valence-corrected chi connectivity index (χ1v) is 8.26. The number of carbonyl (C=O) groups excluding carboxylic acids is 2. The zero-order valence-corrected chi connectivity index (χ0v) is 15.1. The summed E-state index contributed by atoms with van der Waals surface area (Å²) in [5.74, 6) is -2.63. The lowest BCUT2D eigenvalue weighted by molar-refractivity contribution is -0.156. The Morgan fingerprint density at radius 2 is 1.80 bits per heavy atom. The van der Waals surface area contributed by atoms with E-state index in [1.807, 2.05) is 6.92 Å². The van der Waals surface area contributed by atoms with Crippen LogP contribution in [0.15, 0.2) is 24.3 Å². The average molecular weight is 371 g/mol. The third-order valence-electron chi connectivity index (χ3n) is 3.96. The number of nitrogens with one attached hydrogen (secondary N) is 2. The highest BCUT2D eigenvalue weighted by Gasteiger charge is 2.33. The van der Waals surface area contributed by atoms with Crippen LogP contribution in [0.25, 0.3) is 0 Å². The molecular formula is C17H23ClN2O5. The third kappa shape index (κ3) is 6.03. The number of halogens is 1. The minimum atomic E-state index is -2.09. The molecule has 0 heterocycles. The van der Waals surface area contributed by atoms with Gasteiger partial charge in [0.05, 0.1) is 6.54 Å². The van der Waals surface area contributed by atoms with E-state index in [4.69, 9.17) is 16.7 Å². The molecule has 2 amide bonds. The van der Waals surface area contributed by atoms with E-state index >= 15 is 0 Å². The molecule has 138 valence electrons. The summed E-state index contributed by atoms with van der Waals surface area (Å²) < 4.78 is 0. The molecule has 0 saturated carbocycles. The largest absolute Gasteiger partial charge is 0.479 e. The minimum absolute atomic E-state index is 0.189. The number of carbonyl (C=O) groups is 3. The van der Waals surface area contributed by atoms with Gasteiger partial charge in [-0.15, -0.1) is 0 Å². The molecule has 0 fully saturated rings. The number of rotatable bonds is 8. The van der Waals surface area contributed by atoms with E-state index in [2.05, 4.69) is 10.6 Å². The lowest BCUT2D eigenvalue weighted by Crippen LogP contribution is -2.54. The number of hydrogen-bond acceptors (Lipinski definition) is 4. The number of carboxylic acids is 1. The first-order chi connectivity index (χ1) is 11.6. The van der Waals surface area contributed by atoms with Gasteiger partial charge >= 0.3 is 5.97 Å². The van der Waals surface area contributed by atoms with E-state index in [0.29, 0.717) is 17.0 Å². The third-order valence-corrected chi connectivity index (χ3v) is 4.21. The molecule has 0 aliphatic rings. The molecule has 1 aromatic carbocycles. The summed E-state index contributed by atoms with van der Waals surface area (Å²) in [6, 6.07) is 5.35. The summed E-state index contributed by atoms with van der Waals surface area (Å²) in [5.41, 5.74) is -1.74. The van der Waals surface area contributed by atoms with Crippen LogP contribution in [0.5, 0.6) is 0 Å². The van der Waals surface area contributed by atoms with Crippen LogP contribution >= 0.6 is 11.6 Å². The maximum absolute atomic E-state index is 12.4. The highest BCUT2D eigenvalue weighted by Crippen LogP contribution is 2.12. The normalized spacial score (nSPS) is 15.6. The molecule has 0 aliphatic carbocycles. The van der Waals surface area contributed by atoms with Crippen molar-refractivity contribution >= 4 is 29.4 Å². The van der Waals surface area contributed by atoms with Crippen molar-refractivity contribution in [3.05, 3.63) is 34.9 Å². The van der Waals surface area contributed by atoms with Crippen LogP contribution in [0.4, 0.5) is 0 Å². The molecule has 0 saturated heterocycles. The first kappa shape index (κ1) is 20.9. The Morgan fingerprint density at radius 1 is 1.24 bits per heavy atom. The summed E-state index contributed by atoms with van der Waals surface area (Å²) in [7, 11) is 0. The van der Waals surface area contributed by atoms with Gasteiger partial charge in [-0.1, -0.05) is 31.9 Å². The van der Waals surface area contributed by atoms with Gasteiger partial charge in [-0.2, -0.15) is 0 Å². The number of hydrogen-bond donors (Lipinski definition) is 4. The van der Waals surface area contributed by atoms with Crippen LogP contribution in [0.3, 0.4) is 0 Å². The molecule has 0 spiro atoms. The van der Waals surface area contributed by atoms with E-state index in [0.717, 1.165) is 6.92 Å². The predicted molar refractivity (Wildman–Crippen MR) is 93.4 cm³/mol. The highest BCUT2D eigenvalue weighted by atomic mass is 35.5. The molecule has 25 heavy (non-hydrogen) atoms. The Morgan fingerprint density at radius 3 is 2.28 bits per heavy atom. The Kier molecular flexibility index (Phi) is 7.38. The predicted octanol–water partition coefficient (Wildman–Crippen LogP) is 1.44. The van der Waals surface area contributed by atoms with Gasteiger partial charge in [0.15, 0.2) is 5.60 Å². The Hall–Kier alpha value is -2.12. The molecule has 0 bridgehead atoms. The van der Waals surface area contributed by atoms with Gasteiger partial charge in [-0.3, -0.25) is 9.59 Å². The lowest BCUT2D eigenvalue weighted by Gasteiger charge is -2.25. The molecule has 4 N–H and O–H groups in total. The molecule has 0 aromatic heterocycles. The Balaban J connectivity index is 2.83. The van der Waals surface area contributed by atoms with E-state index < -0.39 is 36.0 Å². The van der Waals surface area contributed by atoms with Crippen molar-refractivity contribution in [2.75, 3.05) is 6.54 Å². The summed E-state index contributed by atoms with van der Waals surface area (Å²) >= 11 is 5.79. The second-order valence-corrected chi connectivity index (χ2v) is 6.58. The first-order valence-electron chi connectivity index (χ1n) is 7.88. The molecule has 3 atom stereocenters.